The van der Waals surface area contributed by atoms with E-state index in [2.05, 4.69) is 22.7 Å². The molecule has 0 spiro atoms. The summed E-state index contributed by atoms with van der Waals surface area (Å²) in [4.78, 5) is 0.295. The van der Waals surface area contributed by atoms with Crippen molar-refractivity contribution >= 4 is 28.3 Å². The highest BCUT2D eigenvalue weighted by Gasteiger charge is 2.17. The first kappa shape index (κ1) is 15.3. The first-order chi connectivity index (χ1) is 8.51. The van der Waals surface area contributed by atoms with E-state index in [1.54, 1.807) is 12.1 Å². The first-order valence-electron chi connectivity index (χ1n) is 5.96. The lowest BCUT2D eigenvalue weighted by molar-refractivity contribution is 0.581. The van der Waals surface area contributed by atoms with Crippen molar-refractivity contribution in [3.8, 4) is 0 Å². The largest absolute Gasteiger partial charge is 0.383 e. The average Bonchev–Trinajstić information content (AvgIpc) is 2.33. The van der Waals surface area contributed by atoms with Crippen LogP contribution in [0, 0.1) is 6.92 Å². The highest BCUT2D eigenvalue weighted by atomic mass is 32.2. The topological polar surface area (TPSA) is 58.2 Å². The molecular formula is C12H20N2O2S2. The molecule has 6 heteroatoms. The molecule has 0 saturated heterocycles. The Hall–Kier alpha value is -0.720. The van der Waals surface area contributed by atoms with Crippen molar-refractivity contribution < 1.29 is 8.42 Å². The predicted molar refractivity (Wildman–Crippen MR) is 79.0 cm³/mol. The number of nitrogens with one attached hydrogen (secondary N) is 2. The Balaban J connectivity index is 3.06. The number of thiol groups is 1. The second kappa shape index (κ2) is 7.01. The van der Waals surface area contributed by atoms with Crippen LogP contribution < -0.4 is 10.0 Å². The van der Waals surface area contributed by atoms with Gasteiger partial charge in [-0.15, -0.1) is 0 Å². The molecule has 0 amide bonds. The number of hydrogen-bond acceptors (Lipinski definition) is 4. The van der Waals surface area contributed by atoms with Crippen LogP contribution in [-0.4, -0.2) is 27.3 Å². The molecule has 0 bridgehead atoms. The van der Waals surface area contributed by atoms with Gasteiger partial charge in [-0.3, -0.25) is 0 Å². The summed E-state index contributed by atoms with van der Waals surface area (Å²) in [6.07, 6.45) is 0.768. The Morgan fingerprint density at radius 3 is 2.61 bits per heavy atom. The molecule has 102 valence electrons. The lowest BCUT2D eigenvalue weighted by Crippen LogP contribution is -2.25. The molecule has 0 aromatic heterocycles. The molecule has 0 aliphatic heterocycles. The van der Waals surface area contributed by atoms with Crippen molar-refractivity contribution in [2.75, 3.05) is 24.2 Å². The quantitative estimate of drug-likeness (QED) is 0.673. The van der Waals surface area contributed by atoms with E-state index in [0.717, 1.165) is 12.0 Å². The van der Waals surface area contributed by atoms with E-state index in [0.29, 0.717) is 29.4 Å². The zero-order valence-corrected chi connectivity index (χ0v) is 12.4. The Labute approximate surface area is 115 Å². The average molecular weight is 288 g/mol. The van der Waals surface area contributed by atoms with E-state index >= 15 is 0 Å². The van der Waals surface area contributed by atoms with Gasteiger partial charge in [-0.2, -0.15) is 12.6 Å². The van der Waals surface area contributed by atoms with E-state index in [-0.39, 0.29) is 0 Å². The maximum Gasteiger partial charge on any atom is 0.242 e. The molecule has 0 fully saturated rings. The molecule has 1 rings (SSSR count). The standard InChI is InChI=1S/C12H20N2O2S2/c1-3-6-14-18(15,16)12-5-4-10(2)9-11(12)13-7-8-17/h4-5,9,13-14,17H,3,6-8H2,1-2H3. The highest BCUT2D eigenvalue weighted by molar-refractivity contribution is 7.89. The summed E-state index contributed by atoms with van der Waals surface area (Å²) < 4.78 is 26.8. The SMILES string of the molecule is CCCNS(=O)(=O)c1ccc(C)cc1NCCS. The van der Waals surface area contributed by atoms with Crippen LogP contribution in [0.5, 0.6) is 0 Å². The molecular weight excluding hydrogens is 268 g/mol. The number of rotatable bonds is 7. The van der Waals surface area contributed by atoms with E-state index in [1.165, 1.54) is 0 Å². The lowest BCUT2D eigenvalue weighted by Gasteiger charge is -2.13. The summed E-state index contributed by atoms with van der Waals surface area (Å²) in [5, 5.41) is 3.09. The van der Waals surface area contributed by atoms with Crippen LogP contribution in [0.1, 0.15) is 18.9 Å². The Morgan fingerprint density at radius 2 is 2.00 bits per heavy atom. The molecule has 0 atom stereocenters. The summed E-state index contributed by atoms with van der Waals surface area (Å²) in [5.74, 6) is 0.649. The summed E-state index contributed by atoms with van der Waals surface area (Å²) >= 11 is 4.11. The minimum absolute atomic E-state index is 0.295. The van der Waals surface area contributed by atoms with Gasteiger partial charge in [0.1, 0.15) is 4.90 Å². The number of anilines is 1. The fourth-order valence-corrected chi connectivity index (χ4v) is 2.93. The van der Waals surface area contributed by atoms with Crippen molar-refractivity contribution in [3.05, 3.63) is 23.8 Å². The second-order valence-electron chi connectivity index (χ2n) is 4.05. The first-order valence-corrected chi connectivity index (χ1v) is 8.08. The summed E-state index contributed by atoms with van der Waals surface area (Å²) in [5.41, 5.74) is 1.65. The van der Waals surface area contributed by atoms with Crippen molar-refractivity contribution in [3.63, 3.8) is 0 Å². The fraction of sp³-hybridized carbons (Fsp3) is 0.500. The van der Waals surface area contributed by atoms with E-state index in [4.69, 9.17) is 0 Å². The molecule has 1 aromatic carbocycles. The summed E-state index contributed by atoms with van der Waals surface area (Å²) in [7, 11) is -3.44. The fourth-order valence-electron chi connectivity index (χ4n) is 1.52. The van der Waals surface area contributed by atoms with Gasteiger partial charge in [0.25, 0.3) is 0 Å². The van der Waals surface area contributed by atoms with E-state index in [1.807, 2.05) is 19.9 Å². The third-order valence-corrected chi connectivity index (χ3v) is 4.14. The van der Waals surface area contributed by atoms with Gasteiger partial charge in [0.15, 0.2) is 0 Å². The van der Waals surface area contributed by atoms with Crippen LogP contribution in [0.4, 0.5) is 5.69 Å². The Morgan fingerprint density at radius 1 is 1.28 bits per heavy atom. The molecule has 0 radical (unpaired) electrons. The van der Waals surface area contributed by atoms with Gasteiger partial charge in [0.2, 0.25) is 10.0 Å². The van der Waals surface area contributed by atoms with Crippen LogP contribution in [-0.2, 0) is 10.0 Å². The minimum Gasteiger partial charge on any atom is -0.383 e. The van der Waals surface area contributed by atoms with Gasteiger partial charge in [0, 0.05) is 18.8 Å². The van der Waals surface area contributed by atoms with Crippen molar-refractivity contribution in [1.29, 1.82) is 0 Å². The third-order valence-electron chi connectivity index (χ3n) is 2.39. The van der Waals surface area contributed by atoms with Gasteiger partial charge < -0.3 is 5.32 Å². The van der Waals surface area contributed by atoms with Crippen LogP contribution in [0.15, 0.2) is 23.1 Å². The van der Waals surface area contributed by atoms with Gasteiger partial charge in [-0.1, -0.05) is 13.0 Å². The Kier molecular flexibility index (Phi) is 5.98. The van der Waals surface area contributed by atoms with E-state index in [9.17, 15) is 8.42 Å². The number of sulfonamides is 1. The van der Waals surface area contributed by atoms with Gasteiger partial charge in [-0.05, 0) is 31.0 Å². The predicted octanol–water partition coefficient (Wildman–Crippen LogP) is 2.03. The molecule has 4 nitrogen and oxygen atoms in total. The highest BCUT2D eigenvalue weighted by Crippen LogP contribution is 2.22. The molecule has 2 N–H and O–H groups in total. The van der Waals surface area contributed by atoms with Gasteiger partial charge in [0.05, 0.1) is 5.69 Å². The maximum atomic E-state index is 12.1. The Bertz CT molecular complexity index is 487. The van der Waals surface area contributed by atoms with Gasteiger partial charge >= 0.3 is 0 Å². The maximum absolute atomic E-state index is 12.1. The number of hydrogen-bond donors (Lipinski definition) is 3. The van der Waals surface area contributed by atoms with Crippen molar-refractivity contribution in [1.82, 2.24) is 4.72 Å². The third kappa shape index (κ3) is 4.19. The lowest BCUT2D eigenvalue weighted by atomic mass is 10.2. The van der Waals surface area contributed by atoms with Crippen LogP contribution in [0.25, 0.3) is 0 Å². The van der Waals surface area contributed by atoms with Crippen LogP contribution in [0.3, 0.4) is 0 Å². The molecule has 0 saturated carbocycles. The molecule has 0 aliphatic carbocycles. The summed E-state index contributed by atoms with van der Waals surface area (Å²) in [6.45, 7) is 4.94. The molecule has 1 aromatic rings. The second-order valence-corrected chi connectivity index (χ2v) is 6.23. The van der Waals surface area contributed by atoms with Gasteiger partial charge in [-0.25, -0.2) is 13.1 Å². The minimum atomic E-state index is -3.44. The molecule has 18 heavy (non-hydrogen) atoms. The van der Waals surface area contributed by atoms with E-state index < -0.39 is 10.0 Å². The van der Waals surface area contributed by atoms with Crippen LogP contribution >= 0.6 is 12.6 Å². The van der Waals surface area contributed by atoms with Crippen LogP contribution in [0.2, 0.25) is 0 Å². The molecule has 0 heterocycles. The number of aryl methyl sites for hydroxylation is 1. The molecule has 0 unspecified atom stereocenters. The monoisotopic (exact) mass is 288 g/mol. The summed E-state index contributed by atoms with van der Waals surface area (Å²) in [6, 6.07) is 5.27. The van der Waals surface area contributed by atoms with Crippen molar-refractivity contribution in [2.24, 2.45) is 0 Å². The zero-order valence-electron chi connectivity index (χ0n) is 10.7. The zero-order chi connectivity index (χ0) is 13.6. The normalized spacial score (nSPS) is 11.5. The van der Waals surface area contributed by atoms with Crippen molar-refractivity contribution in [2.45, 2.75) is 25.2 Å². The number of benzene rings is 1. The smallest absolute Gasteiger partial charge is 0.242 e. The molecule has 0 aliphatic rings.